The summed E-state index contributed by atoms with van der Waals surface area (Å²) in [6.07, 6.45) is 0. The van der Waals surface area contributed by atoms with E-state index in [4.69, 9.17) is 29.4 Å². The molecule has 0 amide bonds. The van der Waals surface area contributed by atoms with E-state index in [9.17, 15) is 24.6 Å². The third-order valence-electron chi connectivity index (χ3n) is 6.73. The van der Waals surface area contributed by atoms with Gasteiger partial charge in [-0.1, -0.05) is 24.3 Å². The highest BCUT2D eigenvalue weighted by molar-refractivity contribution is 5.74. The lowest BCUT2D eigenvalue weighted by Gasteiger charge is -2.27. The standard InChI is InChI=1S/C33H26FN3O8/c1-2-41-30-15-21(5-14-28(30)43-18-20-3-6-22(34)7-4-20)32-26-13-12-25(16-29(26)45-33(36)27(32)17-35)44-31(38)19-42-24-10-8-23(9-11-24)37(39)40/h3-16,32H,2,18-19,36H2,1H3. The number of carbonyl (C=O) groups excluding carboxylic acids is 1. The molecule has 5 rings (SSSR count). The maximum atomic E-state index is 13.3. The van der Waals surface area contributed by atoms with Crippen LogP contribution in [0.3, 0.4) is 0 Å². The normalized spacial score (nSPS) is 13.6. The first-order valence-corrected chi connectivity index (χ1v) is 13.7. The predicted molar refractivity (Wildman–Crippen MR) is 158 cm³/mol. The van der Waals surface area contributed by atoms with Crippen molar-refractivity contribution < 1.29 is 37.8 Å². The number of hydrogen-bond donors (Lipinski definition) is 1. The van der Waals surface area contributed by atoms with Crippen LogP contribution >= 0.6 is 0 Å². The molecule has 0 radical (unpaired) electrons. The van der Waals surface area contributed by atoms with Crippen molar-refractivity contribution in [3.05, 3.63) is 129 Å². The molecule has 0 spiro atoms. The number of rotatable bonds is 11. The van der Waals surface area contributed by atoms with Crippen molar-refractivity contribution in [3.63, 3.8) is 0 Å². The van der Waals surface area contributed by atoms with E-state index in [-0.39, 0.29) is 46.8 Å². The van der Waals surface area contributed by atoms with E-state index >= 15 is 0 Å². The number of nitro groups is 1. The third kappa shape index (κ3) is 7.11. The van der Waals surface area contributed by atoms with Gasteiger partial charge in [-0.15, -0.1) is 0 Å². The van der Waals surface area contributed by atoms with Crippen LogP contribution in [0, 0.1) is 27.3 Å². The molecule has 2 N–H and O–H groups in total. The van der Waals surface area contributed by atoms with Crippen molar-refractivity contribution in [3.8, 4) is 34.8 Å². The molecule has 1 atom stereocenters. The minimum atomic E-state index is -0.723. The summed E-state index contributed by atoms with van der Waals surface area (Å²) in [6.45, 7) is 1.93. The zero-order valence-electron chi connectivity index (χ0n) is 23.9. The minimum Gasteiger partial charge on any atom is -0.490 e. The number of nitro benzene ring substituents is 1. The Bertz CT molecular complexity index is 1800. The molecule has 11 nitrogen and oxygen atoms in total. The van der Waals surface area contributed by atoms with Crippen LogP contribution in [0.1, 0.15) is 29.5 Å². The van der Waals surface area contributed by atoms with Crippen molar-refractivity contribution in [2.75, 3.05) is 13.2 Å². The number of non-ortho nitro benzene ring substituents is 1. The maximum Gasteiger partial charge on any atom is 0.349 e. The molecule has 1 aliphatic heterocycles. The maximum absolute atomic E-state index is 13.3. The Balaban J connectivity index is 1.34. The number of nitrogens with zero attached hydrogens (tertiary/aromatic N) is 2. The summed E-state index contributed by atoms with van der Waals surface area (Å²) in [4.78, 5) is 22.7. The van der Waals surface area contributed by atoms with Gasteiger partial charge < -0.3 is 29.4 Å². The lowest BCUT2D eigenvalue weighted by Crippen LogP contribution is -2.22. The van der Waals surface area contributed by atoms with E-state index < -0.39 is 23.4 Å². The van der Waals surface area contributed by atoms with Gasteiger partial charge in [0, 0.05) is 23.8 Å². The van der Waals surface area contributed by atoms with Crippen molar-refractivity contribution in [2.24, 2.45) is 5.73 Å². The second kappa shape index (κ2) is 13.5. The number of esters is 1. The highest BCUT2D eigenvalue weighted by Crippen LogP contribution is 2.45. The highest BCUT2D eigenvalue weighted by Gasteiger charge is 2.32. The number of nitriles is 1. The van der Waals surface area contributed by atoms with Gasteiger partial charge in [0.05, 0.1) is 17.4 Å². The fourth-order valence-corrected chi connectivity index (χ4v) is 4.64. The summed E-state index contributed by atoms with van der Waals surface area (Å²) in [5.74, 6) is -0.187. The molecular formula is C33H26FN3O8. The molecule has 4 aromatic carbocycles. The monoisotopic (exact) mass is 611 g/mol. The zero-order valence-corrected chi connectivity index (χ0v) is 23.9. The fourth-order valence-electron chi connectivity index (χ4n) is 4.64. The summed E-state index contributed by atoms with van der Waals surface area (Å²) in [5, 5.41) is 20.8. The topological polar surface area (TPSA) is 156 Å². The largest absolute Gasteiger partial charge is 0.490 e. The Labute approximate surface area is 256 Å². The molecule has 0 bridgehead atoms. The van der Waals surface area contributed by atoms with Gasteiger partial charge in [-0.3, -0.25) is 10.1 Å². The first-order valence-electron chi connectivity index (χ1n) is 13.7. The molecule has 0 fully saturated rings. The predicted octanol–water partition coefficient (Wildman–Crippen LogP) is 5.91. The molecule has 0 saturated carbocycles. The van der Waals surface area contributed by atoms with Crippen LogP contribution in [0.5, 0.6) is 28.7 Å². The van der Waals surface area contributed by atoms with E-state index in [0.717, 1.165) is 5.56 Å². The molecule has 0 aliphatic carbocycles. The van der Waals surface area contributed by atoms with E-state index in [0.29, 0.717) is 29.2 Å². The molecule has 1 aliphatic rings. The highest BCUT2D eigenvalue weighted by atomic mass is 19.1. The second-order valence-corrected chi connectivity index (χ2v) is 9.69. The van der Waals surface area contributed by atoms with Crippen LogP contribution in [0.2, 0.25) is 0 Å². The Morgan fingerprint density at radius 1 is 0.978 bits per heavy atom. The lowest BCUT2D eigenvalue weighted by molar-refractivity contribution is -0.384. The van der Waals surface area contributed by atoms with Gasteiger partial charge in [0.2, 0.25) is 5.88 Å². The van der Waals surface area contributed by atoms with E-state index in [2.05, 4.69) is 6.07 Å². The number of halogens is 1. The van der Waals surface area contributed by atoms with Crippen molar-refractivity contribution in [1.82, 2.24) is 0 Å². The number of allylic oxidation sites excluding steroid dienone is 1. The molecular weight excluding hydrogens is 585 g/mol. The number of hydrogen-bond acceptors (Lipinski definition) is 10. The molecule has 228 valence electrons. The van der Waals surface area contributed by atoms with Gasteiger partial charge in [-0.05, 0) is 60.5 Å². The van der Waals surface area contributed by atoms with Crippen LogP contribution < -0.4 is 29.4 Å². The second-order valence-electron chi connectivity index (χ2n) is 9.69. The van der Waals surface area contributed by atoms with Crippen molar-refractivity contribution in [1.29, 1.82) is 5.26 Å². The van der Waals surface area contributed by atoms with Gasteiger partial charge in [0.15, 0.2) is 18.1 Å². The van der Waals surface area contributed by atoms with Gasteiger partial charge in [-0.25, -0.2) is 9.18 Å². The average Bonchev–Trinajstić information content (AvgIpc) is 3.03. The summed E-state index contributed by atoms with van der Waals surface area (Å²) < 4.78 is 41.6. The number of nitrogens with two attached hydrogens (primary N) is 1. The number of carbonyl (C=O) groups is 1. The van der Waals surface area contributed by atoms with Crippen molar-refractivity contribution >= 4 is 11.7 Å². The minimum absolute atomic E-state index is 0.102. The van der Waals surface area contributed by atoms with Crippen LogP contribution in [0.4, 0.5) is 10.1 Å². The third-order valence-corrected chi connectivity index (χ3v) is 6.73. The average molecular weight is 612 g/mol. The first-order chi connectivity index (χ1) is 21.7. The first kappa shape index (κ1) is 30.4. The van der Waals surface area contributed by atoms with Gasteiger partial charge in [0.25, 0.3) is 5.69 Å². The zero-order chi connectivity index (χ0) is 31.9. The lowest BCUT2D eigenvalue weighted by atomic mass is 9.83. The van der Waals surface area contributed by atoms with Gasteiger partial charge >= 0.3 is 5.97 Å². The summed E-state index contributed by atoms with van der Waals surface area (Å²) in [5.41, 5.74) is 8.29. The van der Waals surface area contributed by atoms with Crippen LogP contribution in [0.25, 0.3) is 0 Å². The molecule has 4 aromatic rings. The summed E-state index contributed by atoms with van der Waals surface area (Å²) in [6, 6.07) is 23.4. The van der Waals surface area contributed by atoms with Crippen LogP contribution in [0.15, 0.2) is 96.4 Å². The molecule has 0 saturated heterocycles. The van der Waals surface area contributed by atoms with Gasteiger partial charge in [-0.2, -0.15) is 5.26 Å². The quantitative estimate of drug-likeness (QED) is 0.0935. The molecule has 1 heterocycles. The number of fused-ring (bicyclic) bond motifs is 1. The molecule has 1 unspecified atom stereocenters. The van der Waals surface area contributed by atoms with E-state index in [1.54, 1.807) is 42.5 Å². The fraction of sp³-hybridized carbons (Fsp3) is 0.152. The molecule has 12 heteroatoms. The number of benzene rings is 4. The molecule has 0 aromatic heterocycles. The Hall–Kier alpha value is -6.09. The summed E-state index contributed by atoms with van der Waals surface area (Å²) in [7, 11) is 0. The van der Waals surface area contributed by atoms with Crippen LogP contribution in [-0.4, -0.2) is 24.1 Å². The van der Waals surface area contributed by atoms with E-state index in [1.165, 1.54) is 42.5 Å². The Morgan fingerprint density at radius 2 is 1.71 bits per heavy atom. The van der Waals surface area contributed by atoms with Crippen molar-refractivity contribution in [2.45, 2.75) is 19.4 Å². The Kier molecular flexibility index (Phi) is 9.09. The Morgan fingerprint density at radius 3 is 2.40 bits per heavy atom. The van der Waals surface area contributed by atoms with Crippen LogP contribution in [-0.2, 0) is 11.4 Å². The SMILES string of the molecule is CCOc1cc(C2C(C#N)=C(N)Oc3cc(OC(=O)COc4ccc([N+](=O)[O-])cc4)ccc32)ccc1OCc1ccc(F)cc1. The molecule has 45 heavy (non-hydrogen) atoms. The smallest absolute Gasteiger partial charge is 0.349 e. The number of ether oxygens (including phenoxy) is 5. The van der Waals surface area contributed by atoms with E-state index in [1.807, 2.05) is 6.92 Å². The van der Waals surface area contributed by atoms with Gasteiger partial charge in [0.1, 0.15) is 41.3 Å². The summed E-state index contributed by atoms with van der Waals surface area (Å²) >= 11 is 0.